The summed E-state index contributed by atoms with van der Waals surface area (Å²) < 4.78 is 28.9. The standard InChI is InChI=1S/C30H29ClFN7O3S/c1-2-23(32)27-24(36-29(33)43-27)10-20-22(31)9-21-25-26(20)42-15-19(14-41-13-18-5-3-4-8-34-18)39(25)30(40)37-28(21)38-11-16-6-7-17(12-38)35-16/h2-5,8-10,16-17,19,35H,1,6-7,11-15H2,(H2,33,36)/b24-10-,27-23-. The number of hydrogen-bond acceptors (Lipinski definition) is 10. The van der Waals surface area contributed by atoms with Gasteiger partial charge in [0, 0.05) is 42.3 Å². The number of pyridine rings is 1. The first-order chi connectivity index (χ1) is 20.9. The molecule has 3 N–H and O–H groups in total. The SMILES string of the molecule is C=C/C(F)=c1/sc(N)n/c1=C\c1c(Cl)cc2c(N3CC4CCC(C3)N4)nc(=O)n3c2c1OCC3COCc1ccccn1. The van der Waals surface area contributed by atoms with Crippen LogP contribution in [0.4, 0.5) is 15.3 Å². The summed E-state index contributed by atoms with van der Waals surface area (Å²) in [6, 6.07) is 7.64. The zero-order valence-corrected chi connectivity index (χ0v) is 24.7. The molecule has 7 rings (SSSR count). The number of benzene rings is 1. The molecule has 3 aliphatic heterocycles. The average Bonchev–Trinajstić information content (AvgIpc) is 3.56. The van der Waals surface area contributed by atoms with Gasteiger partial charge in [-0.2, -0.15) is 4.98 Å². The molecule has 0 aliphatic carbocycles. The summed E-state index contributed by atoms with van der Waals surface area (Å²) in [7, 11) is 0. The summed E-state index contributed by atoms with van der Waals surface area (Å²) in [6.07, 6.45) is 6.62. The van der Waals surface area contributed by atoms with Crippen LogP contribution in [0, 0.1) is 0 Å². The van der Waals surface area contributed by atoms with Gasteiger partial charge in [-0.15, -0.1) is 0 Å². The molecule has 2 saturated heterocycles. The van der Waals surface area contributed by atoms with Gasteiger partial charge in [0.15, 0.2) is 10.9 Å². The number of nitrogens with two attached hydrogens (primary N) is 1. The Morgan fingerprint density at radius 3 is 2.86 bits per heavy atom. The van der Waals surface area contributed by atoms with Crippen molar-refractivity contribution >= 4 is 56.7 Å². The second-order valence-electron chi connectivity index (χ2n) is 10.9. The highest BCUT2D eigenvalue weighted by molar-refractivity contribution is 7.13. The molecule has 0 spiro atoms. The minimum absolute atomic E-state index is 0.142. The van der Waals surface area contributed by atoms with E-state index in [9.17, 15) is 9.18 Å². The first kappa shape index (κ1) is 28.0. The minimum Gasteiger partial charge on any atom is -0.488 e. The van der Waals surface area contributed by atoms with Crippen molar-refractivity contribution in [3.05, 3.63) is 79.8 Å². The number of fused-ring (bicyclic) bond motifs is 2. The van der Waals surface area contributed by atoms with E-state index in [2.05, 4.69) is 31.7 Å². The van der Waals surface area contributed by atoms with Crippen LogP contribution < -0.4 is 36.3 Å². The van der Waals surface area contributed by atoms with Crippen molar-refractivity contribution in [1.29, 1.82) is 0 Å². The first-order valence-corrected chi connectivity index (χ1v) is 15.3. The molecule has 2 fully saturated rings. The van der Waals surface area contributed by atoms with Crippen LogP contribution in [0.1, 0.15) is 30.1 Å². The van der Waals surface area contributed by atoms with E-state index in [-0.39, 0.29) is 29.5 Å². The molecular formula is C30H29ClFN7O3S. The number of nitrogens with zero attached hydrogens (tertiary/aromatic N) is 5. The van der Waals surface area contributed by atoms with Crippen molar-refractivity contribution in [1.82, 2.24) is 24.8 Å². The van der Waals surface area contributed by atoms with Gasteiger partial charge in [0.25, 0.3) is 0 Å². The fourth-order valence-corrected chi connectivity index (χ4v) is 7.17. The molecule has 3 aromatic heterocycles. The van der Waals surface area contributed by atoms with E-state index in [0.717, 1.165) is 49.0 Å². The maximum atomic E-state index is 14.7. The van der Waals surface area contributed by atoms with Gasteiger partial charge in [0.05, 0.1) is 45.4 Å². The molecule has 6 heterocycles. The van der Waals surface area contributed by atoms with E-state index in [4.69, 9.17) is 26.8 Å². The van der Waals surface area contributed by atoms with Crippen LogP contribution in [-0.2, 0) is 11.3 Å². The van der Waals surface area contributed by atoms with E-state index >= 15 is 0 Å². The Balaban J connectivity index is 1.39. The predicted molar refractivity (Wildman–Crippen MR) is 166 cm³/mol. The zero-order chi connectivity index (χ0) is 29.7. The van der Waals surface area contributed by atoms with Crippen LogP contribution in [-0.4, -0.2) is 57.9 Å². The summed E-state index contributed by atoms with van der Waals surface area (Å²) in [5.41, 5.74) is 7.35. The van der Waals surface area contributed by atoms with Gasteiger partial charge < -0.3 is 25.4 Å². The largest absolute Gasteiger partial charge is 0.488 e. The van der Waals surface area contributed by atoms with Crippen molar-refractivity contribution < 1.29 is 13.9 Å². The Morgan fingerprint density at radius 1 is 1.30 bits per heavy atom. The maximum Gasteiger partial charge on any atom is 0.350 e. The summed E-state index contributed by atoms with van der Waals surface area (Å²) in [5.74, 6) is 0.431. The third kappa shape index (κ3) is 5.18. The maximum absolute atomic E-state index is 14.7. The molecule has 10 nitrogen and oxygen atoms in total. The number of aromatic nitrogens is 4. The lowest BCUT2D eigenvalue weighted by atomic mass is 10.1. The highest BCUT2D eigenvalue weighted by Gasteiger charge is 2.36. The van der Waals surface area contributed by atoms with Gasteiger partial charge in [-0.05, 0) is 43.2 Å². The third-order valence-electron chi connectivity index (χ3n) is 8.07. The van der Waals surface area contributed by atoms with Gasteiger partial charge in [0.1, 0.15) is 18.3 Å². The van der Waals surface area contributed by atoms with Crippen molar-refractivity contribution in [2.24, 2.45) is 0 Å². The van der Waals surface area contributed by atoms with E-state index in [0.29, 0.717) is 50.5 Å². The molecule has 3 atom stereocenters. The number of hydrogen-bond donors (Lipinski definition) is 2. The third-order valence-corrected chi connectivity index (χ3v) is 9.29. The summed E-state index contributed by atoms with van der Waals surface area (Å²) in [4.78, 5) is 29.2. The van der Waals surface area contributed by atoms with Crippen molar-refractivity contribution in [3.8, 4) is 5.75 Å². The number of piperazine rings is 1. The molecule has 43 heavy (non-hydrogen) atoms. The quantitative estimate of drug-likeness (QED) is 0.321. The van der Waals surface area contributed by atoms with Crippen LogP contribution in [0.2, 0.25) is 5.02 Å². The smallest absolute Gasteiger partial charge is 0.350 e. The normalized spacial score (nSPS) is 22.1. The van der Waals surface area contributed by atoms with Crippen molar-refractivity contribution in [2.75, 3.05) is 36.9 Å². The predicted octanol–water partition coefficient (Wildman–Crippen LogP) is 2.67. The molecule has 0 saturated carbocycles. The number of nitrogens with one attached hydrogen (secondary N) is 1. The Labute approximate surface area is 254 Å². The highest BCUT2D eigenvalue weighted by Crippen LogP contribution is 2.42. The molecule has 3 aliphatic rings. The topological polar surface area (TPSA) is 120 Å². The fraction of sp³-hybridized carbons (Fsp3) is 0.333. The number of thiazole rings is 1. The van der Waals surface area contributed by atoms with Crippen LogP contribution in [0.15, 0.2) is 47.9 Å². The monoisotopic (exact) mass is 621 g/mol. The van der Waals surface area contributed by atoms with Gasteiger partial charge in [0.2, 0.25) is 0 Å². The highest BCUT2D eigenvalue weighted by atomic mass is 35.5. The Bertz CT molecular complexity index is 1900. The first-order valence-electron chi connectivity index (χ1n) is 14.1. The second-order valence-corrected chi connectivity index (χ2v) is 12.3. The Hall–Kier alpha value is -3.84. The lowest BCUT2D eigenvalue weighted by Crippen LogP contribution is -2.52. The molecule has 4 aromatic rings. The lowest BCUT2D eigenvalue weighted by Gasteiger charge is -2.36. The second kappa shape index (κ2) is 11.3. The molecule has 13 heteroatoms. The van der Waals surface area contributed by atoms with Crippen LogP contribution >= 0.6 is 22.9 Å². The van der Waals surface area contributed by atoms with E-state index in [1.807, 2.05) is 18.2 Å². The number of anilines is 2. The number of ether oxygens (including phenoxy) is 2. The summed E-state index contributed by atoms with van der Waals surface area (Å²) >= 11 is 7.94. The van der Waals surface area contributed by atoms with E-state index < -0.39 is 17.6 Å². The van der Waals surface area contributed by atoms with Gasteiger partial charge >= 0.3 is 5.69 Å². The minimum atomic E-state index is -0.547. The molecule has 0 radical (unpaired) electrons. The molecule has 0 amide bonds. The van der Waals surface area contributed by atoms with Gasteiger partial charge in [-0.3, -0.25) is 9.55 Å². The van der Waals surface area contributed by atoms with Gasteiger partial charge in [-0.1, -0.05) is 35.6 Å². The molecule has 2 bridgehead atoms. The zero-order valence-electron chi connectivity index (χ0n) is 23.1. The van der Waals surface area contributed by atoms with Gasteiger partial charge in [-0.25, -0.2) is 14.2 Å². The molecular weight excluding hydrogens is 593 g/mol. The van der Waals surface area contributed by atoms with Crippen LogP contribution in [0.25, 0.3) is 22.8 Å². The number of allylic oxidation sites excluding steroid dienone is 1. The van der Waals surface area contributed by atoms with Crippen LogP contribution in [0.5, 0.6) is 5.75 Å². The fourth-order valence-electron chi connectivity index (χ4n) is 6.18. The number of halogens is 2. The summed E-state index contributed by atoms with van der Waals surface area (Å²) in [5, 5.41) is 5.18. The average molecular weight is 622 g/mol. The number of nitrogen functional groups attached to an aromatic ring is 1. The Morgan fingerprint density at radius 2 is 2.12 bits per heavy atom. The molecule has 3 unspecified atom stereocenters. The van der Waals surface area contributed by atoms with E-state index in [1.54, 1.807) is 22.9 Å². The molecule has 1 aromatic carbocycles. The lowest BCUT2D eigenvalue weighted by molar-refractivity contribution is 0.0655. The van der Waals surface area contributed by atoms with E-state index in [1.165, 1.54) is 0 Å². The van der Waals surface area contributed by atoms with Crippen LogP contribution in [0.3, 0.4) is 0 Å². The molecule has 222 valence electrons. The number of rotatable bonds is 7. The Kier molecular flexibility index (Phi) is 7.38. The summed E-state index contributed by atoms with van der Waals surface area (Å²) in [6.45, 7) is 5.64. The van der Waals surface area contributed by atoms with Crippen molar-refractivity contribution in [2.45, 2.75) is 37.6 Å². The van der Waals surface area contributed by atoms with Crippen molar-refractivity contribution in [3.63, 3.8) is 0 Å².